The molecule has 0 bridgehead atoms. The molecule has 144 valence electrons. The fraction of sp³-hybridized carbons (Fsp3) is 0.143. The molecule has 0 aliphatic carbocycles. The number of hydrogen-bond donors (Lipinski definition) is 2. The van der Waals surface area contributed by atoms with Gasteiger partial charge in [-0.25, -0.2) is 8.78 Å². The Bertz CT molecular complexity index is 969. The average Bonchev–Trinajstić information content (AvgIpc) is 3.17. The number of amides is 2. The highest BCUT2D eigenvalue weighted by molar-refractivity contribution is 7.17. The van der Waals surface area contributed by atoms with Crippen LogP contribution in [0.25, 0.3) is 10.4 Å². The van der Waals surface area contributed by atoms with Gasteiger partial charge in [0.05, 0.1) is 10.8 Å². The number of carbonyl (C=O) groups excluding carboxylic acids is 2. The van der Waals surface area contributed by atoms with Crippen LogP contribution in [0.1, 0.15) is 15.2 Å². The van der Waals surface area contributed by atoms with Crippen molar-refractivity contribution in [3.63, 3.8) is 0 Å². The number of primary amides is 1. The van der Waals surface area contributed by atoms with E-state index in [9.17, 15) is 18.4 Å². The zero-order valence-corrected chi connectivity index (χ0v) is 15.6. The first-order valence-corrected chi connectivity index (χ1v) is 9.42. The largest absolute Gasteiger partial charge is 0.369 e. The predicted octanol–water partition coefficient (Wildman–Crippen LogP) is 3.77. The molecule has 1 heterocycles. The quantitative estimate of drug-likeness (QED) is 0.634. The Morgan fingerprint density at radius 2 is 1.54 bits per heavy atom. The number of carbonyl (C=O) groups is 2. The van der Waals surface area contributed by atoms with Gasteiger partial charge in [0, 0.05) is 11.4 Å². The molecule has 7 heteroatoms. The number of hydrogen-bond acceptors (Lipinski definition) is 3. The summed E-state index contributed by atoms with van der Waals surface area (Å²) in [6.45, 7) is 0.0787. The third-order valence-corrected chi connectivity index (χ3v) is 5.40. The number of nitrogens with two attached hydrogens (primary N) is 1. The van der Waals surface area contributed by atoms with Crippen LogP contribution in [0.5, 0.6) is 0 Å². The first-order valence-electron chi connectivity index (χ1n) is 8.60. The molecule has 1 unspecified atom stereocenters. The Balaban J connectivity index is 1.62. The Labute approximate surface area is 165 Å². The summed E-state index contributed by atoms with van der Waals surface area (Å²) in [5.41, 5.74) is 7.01. The van der Waals surface area contributed by atoms with E-state index >= 15 is 0 Å². The fourth-order valence-corrected chi connectivity index (χ4v) is 3.64. The van der Waals surface area contributed by atoms with Crippen molar-refractivity contribution in [2.24, 2.45) is 11.7 Å². The third kappa shape index (κ3) is 5.01. The topological polar surface area (TPSA) is 72.2 Å². The third-order valence-electron chi connectivity index (χ3n) is 4.27. The highest BCUT2D eigenvalue weighted by Crippen LogP contribution is 2.28. The second kappa shape index (κ2) is 8.75. The van der Waals surface area contributed by atoms with Crippen molar-refractivity contribution in [3.05, 3.63) is 82.7 Å². The number of nitrogens with one attached hydrogen (secondary N) is 1. The van der Waals surface area contributed by atoms with Gasteiger partial charge in [0.2, 0.25) is 5.91 Å². The molecule has 0 aliphatic heterocycles. The molecule has 0 saturated heterocycles. The van der Waals surface area contributed by atoms with Crippen LogP contribution in [0.2, 0.25) is 0 Å². The smallest absolute Gasteiger partial charge is 0.261 e. The zero-order chi connectivity index (χ0) is 20.1. The maximum Gasteiger partial charge on any atom is 0.261 e. The van der Waals surface area contributed by atoms with E-state index in [4.69, 9.17) is 5.73 Å². The number of rotatable bonds is 7. The van der Waals surface area contributed by atoms with E-state index in [2.05, 4.69) is 5.32 Å². The van der Waals surface area contributed by atoms with Crippen LogP contribution in [0.3, 0.4) is 0 Å². The summed E-state index contributed by atoms with van der Waals surface area (Å²) in [4.78, 5) is 25.4. The summed E-state index contributed by atoms with van der Waals surface area (Å²) in [5, 5.41) is 2.72. The molecular weight excluding hydrogens is 382 g/mol. The molecule has 0 saturated carbocycles. The van der Waals surface area contributed by atoms with Crippen LogP contribution >= 0.6 is 11.3 Å². The Hall–Kier alpha value is -3.06. The Morgan fingerprint density at radius 3 is 2.14 bits per heavy atom. The van der Waals surface area contributed by atoms with Crippen LogP contribution in [-0.2, 0) is 11.2 Å². The zero-order valence-electron chi connectivity index (χ0n) is 14.8. The van der Waals surface area contributed by atoms with Gasteiger partial charge in [-0.2, -0.15) is 0 Å². The first-order chi connectivity index (χ1) is 13.4. The van der Waals surface area contributed by atoms with Gasteiger partial charge in [-0.15, -0.1) is 11.3 Å². The van der Waals surface area contributed by atoms with Gasteiger partial charge in [-0.3, -0.25) is 9.59 Å². The van der Waals surface area contributed by atoms with Crippen molar-refractivity contribution < 1.29 is 18.4 Å². The second-order valence-corrected chi connectivity index (χ2v) is 7.39. The lowest BCUT2D eigenvalue weighted by atomic mass is 9.98. The molecule has 1 atom stereocenters. The predicted molar refractivity (Wildman–Crippen MR) is 105 cm³/mol. The highest BCUT2D eigenvalue weighted by atomic mass is 32.1. The van der Waals surface area contributed by atoms with Crippen LogP contribution in [0, 0.1) is 17.6 Å². The number of benzene rings is 2. The van der Waals surface area contributed by atoms with E-state index in [0.717, 1.165) is 16.0 Å². The van der Waals surface area contributed by atoms with Crippen molar-refractivity contribution in [1.82, 2.24) is 5.32 Å². The summed E-state index contributed by atoms with van der Waals surface area (Å²) in [6.07, 6.45) is 0.307. The lowest BCUT2D eigenvalue weighted by Gasteiger charge is -2.14. The molecule has 0 radical (unpaired) electrons. The number of thiophene rings is 1. The monoisotopic (exact) mass is 400 g/mol. The molecule has 0 fully saturated rings. The summed E-state index contributed by atoms with van der Waals surface area (Å²) in [6, 6.07) is 15.3. The van der Waals surface area contributed by atoms with E-state index in [1.165, 1.54) is 35.6 Å². The molecular formula is C21H18F2N2O2S. The van der Waals surface area contributed by atoms with Gasteiger partial charge >= 0.3 is 0 Å². The van der Waals surface area contributed by atoms with E-state index in [1.807, 2.05) is 0 Å². The minimum atomic E-state index is -0.606. The van der Waals surface area contributed by atoms with Crippen LogP contribution in [0.4, 0.5) is 8.78 Å². The fourth-order valence-electron chi connectivity index (χ4n) is 2.71. The van der Waals surface area contributed by atoms with Crippen molar-refractivity contribution >= 4 is 23.2 Å². The Morgan fingerprint density at radius 1 is 0.929 bits per heavy atom. The van der Waals surface area contributed by atoms with Gasteiger partial charge in [0.1, 0.15) is 11.6 Å². The molecule has 0 spiro atoms. The molecule has 3 rings (SSSR count). The van der Waals surface area contributed by atoms with Crippen LogP contribution in [-0.4, -0.2) is 18.4 Å². The van der Waals surface area contributed by atoms with Crippen LogP contribution in [0.15, 0.2) is 60.7 Å². The SMILES string of the molecule is NC(=O)C(CNC(=O)c1ccc(-c2ccc(F)cc2)s1)Cc1ccc(F)cc1. The molecule has 1 aromatic heterocycles. The molecule has 3 aromatic rings. The standard InChI is InChI=1S/C21H18F2N2O2S/c22-16-5-1-13(2-6-16)11-15(20(24)26)12-25-21(27)19-10-9-18(28-19)14-3-7-17(23)8-4-14/h1-10,15H,11-12H2,(H2,24,26)(H,25,27). The Kier molecular flexibility index (Phi) is 6.16. The summed E-state index contributed by atoms with van der Waals surface area (Å²) >= 11 is 1.27. The molecule has 2 amide bonds. The van der Waals surface area contributed by atoms with E-state index in [1.54, 1.807) is 36.4 Å². The molecule has 28 heavy (non-hydrogen) atoms. The number of halogens is 2. The van der Waals surface area contributed by atoms with Crippen molar-refractivity contribution in [2.75, 3.05) is 6.54 Å². The summed E-state index contributed by atoms with van der Waals surface area (Å²) in [7, 11) is 0. The van der Waals surface area contributed by atoms with E-state index in [-0.39, 0.29) is 24.1 Å². The maximum atomic E-state index is 13.0. The molecule has 3 N–H and O–H groups in total. The highest BCUT2D eigenvalue weighted by Gasteiger charge is 2.18. The maximum absolute atomic E-state index is 13.0. The second-order valence-electron chi connectivity index (χ2n) is 6.31. The summed E-state index contributed by atoms with van der Waals surface area (Å²) < 4.78 is 26.0. The van der Waals surface area contributed by atoms with Gasteiger partial charge in [-0.05, 0) is 53.9 Å². The van der Waals surface area contributed by atoms with Crippen molar-refractivity contribution in [1.29, 1.82) is 0 Å². The van der Waals surface area contributed by atoms with Gasteiger partial charge < -0.3 is 11.1 Å². The van der Waals surface area contributed by atoms with E-state index in [0.29, 0.717) is 11.3 Å². The van der Waals surface area contributed by atoms with Gasteiger partial charge in [0.25, 0.3) is 5.91 Å². The minimum absolute atomic E-state index is 0.0787. The molecule has 0 aliphatic rings. The van der Waals surface area contributed by atoms with Crippen molar-refractivity contribution in [2.45, 2.75) is 6.42 Å². The van der Waals surface area contributed by atoms with Gasteiger partial charge in [-0.1, -0.05) is 24.3 Å². The summed E-state index contributed by atoms with van der Waals surface area (Å²) in [5.74, 6) is -2.14. The lowest BCUT2D eigenvalue weighted by Crippen LogP contribution is -2.37. The minimum Gasteiger partial charge on any atom is -0.369 e. The van der Waals surface area contributed by atoms with Crippen LogP contribution < -0.4 is 11.1 Å². The molecule has 4 nitrogen and oxygen atoms in total. The first kappa shape index (κ1) is 19.7. The normalized spacial score (nSPS) is 11.8. The molecule has 2 aromatic carbocycles. The lowest BCUT2D eigenvalue weighted by molar-refractivity contribution is -0.121. The average molecular weight is 400 g/mol. The van der Waals surface area contributed by atoms with E-state index < -0.39 is 11.8 Å². The van der Waals surface area contributed by atoms with Crippen molar-refractivity contribution in [3.8, 4) is 10.4 Å². The van der Waals surface area contributed by atoms with Gasteiger partial charge in [0.15, 0.2) is 0 Å².